The summed E-state index contributed by atoms with van der Waals surface area (Å²) in [7, 11) is 0. The molecule has 0 aliphatic carbocycles. The molecule has 4 heteroatoms. The number of hydrogen-bond donors (Lipinski definition) is 1. The first-order valence-corrected chi connectivity index (χ1v) is 3.60. The van der Waals surface area contributed by atoms with Crippen molar-refractivity contribution in [3.8, 4) is 0 Å². The molecule has 0 heterocycles. The summed E-state index contributed by atoms with van der Waals surface area (Å²) in [6.07, 6.45) is 1.30. The molecule has 4 nitrogen and oxygen atoms in total. The Morgan fingerprint density at radius 1 is 1.36 bits per heavy atom. The molecular formula is C7H12O4. The second-order valence-corrected chi connectivity index (χ2v) is 2.20. The third-order valence-corrected chi connectivity index (χ3v) is 1.19. The maximum absolute atomic E-state index is 10.5. The maximum atomic E-state index is 10.5. The van der Waals surface area contributed by atoms with Gasteiger partial charge in [0.25, 0.3) is 0 Å². The van der Waals surface area contributed by atoms with Gasteiger partial charge in [-0.2, -0.15) is 0 Å². The number of hydrogen-bond acceptors (Lipinski definition) is 3. The Bertz CT molecular complexity index is 141. The van der Waals surface area contributed by atoms with Gasteiger partial charge in [0.15, 0.2) is 0 Å². The lowest BCUT2D eigenvalue weighted by molar-refractivity contribution is -0.139. The van der Waals surface area contributed by atoms with E-state index >= 15 is 0 Å². The van der Waals surface area contributed by atoms with E-state index in [4.69, 9.17) is 5.11 Å². The highest BCUT2D eigenvalue weighted by Gasteiger charge is 2.06. The van der Waals surface area contributed by atoms with Crippen LogP contribution in [-0.4, -0.2) is 17.2 Å². The van der Waals surface area contributed by atoms with Gasteiger partial charge >= 0.3 is 12.1 Å². The summed E-state index contributed by atoms with van der Waals surface area (Å²) in [5.74, 6) is -0.661. The quantitative estimate of drug-likeness (QED) is 0.387. The van der Waals surface area contributed by atoms with Gasteiger partial charge in [0, 0.05) is 6.42 Å². The molecule has 0 spiro atoms. The van der Waals surface area contributed by atoms with Crippen molar-refractivity contribution >= 4 is 12.1 Å². The number of ether oxygens (including phenoxy) is 1. The lowest BCUT2D eigenvalue weighted by Crippen LogP contribution is -2.09. The SMILES string of the molecule is CCCCCC(=O)OC(=O)O. The number of rotatable bonds is 4. The van der Waals surface area contributed by atoms with E-state index in [1.165, 1.54) is 0 Å². The lowest BCUT2D eigenvalue weighted by atomic mass is 10.2. The summed E-state index contributed by atoms with van der Waals surface area (Å²) < 4.78 is 3.87. The van der Waals surface area contributed by atoms with Crippen LogP contribution < -0.4 is 0 Å². The molecule has 0 bridgehead atoms. The average Bonchev–Trinajstić information content (AvgIpc) is 1.86. The molecule has 0 saturated carbocycles. The van der Waals surface area contributed by atoms with Gasteiger partial charge < -0.3 is 9.84 Å². The largest absolute Gasteiger partial charge is 0.513 e. The minimum Gasteiger partial charge on any atom is -0.449 e. The normalized spacial score (nSPS) is 9.18. The third kappa shape index (κ3) is 6.83. The summed E-state index contributed by atoms with van der Waals surface area (Å²) in [5, 5.41) is 8.00. The van der Waals surface area contributed by atoms with E-state index < -0.39 is 12.1 Å². The van der Waals surface area contributed by atoms with Crippen LogP contribution in [0.25, 0.3) is 0 Å². The van der Waals surface area contributed by atoms with Crippen molar-refractivity contribution in [2.24, 2.45) is 0 Å². The second-order valence-electron chi connectivity index (χ2n) is 2.20. The van der Waals surface area contributed by atoms with Gasteiger partial charge in [0.2, 0.25) is 0 Å². The van der Waals surface area contributed by atoms with Gasteiger partial charge in [0.1, 0.15) is 0 Å². The van der Waals surface area contributed by atoms with Crippen LogP contribution in [0.3, 0.4) is 0 Å². The predicted octanol–water partition coefficient (Wildman–Crippen LogP) is 1.79. The van der Waals surface area contributed by atoms with Crippen LogP contribution in [0.1, 0.15) is 32.6 Å². The Morgan fingerprint density at radius 3 is 2.45 bits per heavy atom. The van der Waals surface area contributed by atoms with Crippen LogP contribution in [0.4, 0.5) is 4.79 Å². The zero-order chi connectivity index (χ0) is 8.69. The highest BCUT2D eigenvalue weighted by molar-refractivity contribution is 5.80. The molecule has 64 valence electrons. The number of unbranched alkanes of at least 4 members (excludes halogenated alkanes) is 2. The summed E-state index contributed by atoms with van der Waals surface area (Å²) in [6.45, 7) is 2.00. The van der Waals surface area contributed by atoms with Crippen molar-refractivity contribution < 1.29 is 19.4 Å². The molecule has 0 aromatic heterocycles. The highest BCUT2D eigenvalue weighted by Crippen LogP contribution is 2.00. The minimum atomic E-state index is -1.52. The molecular weight excluding hydrogens is 148 g/mol. The van der Waals surface area contributed by atoms with E-state index in [2.05, 4.69) is 4.74 Å². The molecule has 0 radical (unpaired) electrons. The maximum Gasteiger partial charge on any atom is 0.513 e. The van der Waals surface area contributed by atoms with Crippen molar-refractivity contribution in [2.45, 2.75) is 32.6 Å². The van der Waals surface area contributed by atoms with Crippen LogP contribution in [0.15, 0.2) is 0 Å². The van der Waals surface area contributed by atoms with Crippen molar-refractivity contribution in [1.82, 2.24) is 0 Å². The minimum absolute atomic E-state index is 0.195. The van der Waals surface area contributed by atoms with Crippen LogP contribution in [-0.2, 0) is 9.53 Å². The highest BCUT2D eigenvalue weighted by atomic mass is 16.7. The summed E-state index contributed by atoms with van der Waals surface area (Å²) >= 11 is 0. The fraction of sp³-hybridized carbons (Fsp3) is 0.714. The Labute approximate surface area is 65.2 Å². The zero-order valence-electron chi connectivity index (χ0n) is 6.50. The number of carbonyl (C=O) groups excluding carboxylic acids is 1. The van der Waals surface area contributed by atoms with Gasteiger partial charge in [-0.25, -0.2) is 4.79 Å². The molecule has 1 N–H and O–H groups in total. The Morgan fingerprint density at radius 2 is 2.00 bits per heavy atom. The van der Waals surface area contributed by atoms with Gasteiger partial charge in [0.05, 0.1) is 0 Å². The fourth-order valence-electron chi connectivity index (χ4n) is 0.668. The molecule has 0 amide bonds. The van der Waals surface area contributed by atoms with E-state index in [-0.39, 0.29) is 6.42 Å². The Balaban J connectivity index is 3.30. The van der Waals surface area contributed by atoms with Crippen LogP contribution in [0, 0.1) is 0 Å². The fourth-order valence-corrected chi connectivity index (χ4v) is 0.668. The molecule has 0 aromatic rings. The van der Waals surface area contributed by atoms with E-state index in [0.717, 1.165) is 12.8 Å². The molecule has 0 unspecified atom stereocenters. The van der Waals surface area contributed by atoms with Crippen molar-refractivity contribution in [1.29, 1.82) is 0 Å². The first-order valence-electron chi connectivity index (χ1n) is 3.60. The monoisotopic (exact) mass is 160 g/mol. The first kappa shape index (κ1) is 9.94. The number of carboxylic acid groups (broad SMARTS) is 1. The Kier molecular flexibility index (Phi) is 5.15. The van der Waals surface area contributed by atoms with E-state index in [1.54, 1.807) is 0 Å². The molecule has 0 atom stereocenters. The zero-order valence-corrected chi connectivity index (χ0v) is 6.50. The van der Waals surface area contributed by atoms with Crippen molar-refractivity contribution in [3.05, 3.63) is 0 Å². The topological polar surface area (TPSA) is 63.6 Å². The molecule has 0 aromatic carbocycles. The summed E-state index contributed by atoms with van der Waals surface area (Å²) in [5.41, 5.74) is 0. The standard InChI is InChI=1S/C7H12O4/c1-2-3-4-5-6(8)11-7(9)10/h2-5H2,1H3,(H,9,10). The van der Waals surface area contributed by atoms with E-state index in [0.29, 0.717) is 6.42 Å². The molecule has 0 rings (SSSR count). The number of carbonyl (C=O) groups is 2. The van der Waals surface area contributed by atoms with E-state index in [1.807, 2.05) is 6.92 Å². The van der Waals surface area contributed by atoms with Gasteiger partial charge in [-0.15, -0.1) is 0 Å². The van der Waals surface area contributed by atoms with Crippen LogP contribution in [0.5, 0.6) is 0 Å². The van der Waals surface area contributed by atoms with Gasteiger partial charge in [-0.1, -0.05) is 19.8 Å². The summed E-state index contributed by atoms with van der Waals surface area (Å²) in [4.78, 5) is 20.3. The Hall–Kier alpha value is -1.06. The summed E-state index contributed by atoms with van der Waals surface area (Å²) in [6, 6.07) is 0. The molecule has 0 aliphatic rings. The molecule has 0 aliphatic heterocycles. The second kappa shape index (κ2) is 5.70. The van der Waals surface area contributed by atoms with Crippen LogP contribution in [0.2, 0.25) is 0 Å². The molecule has 11 heavy (non-hydrogen) atoms. The van der Waals surface area contributed by atoms with Crippen molar-refractivity contribution in [2.75, 3.05) is 0 Å². The first-order chi connectivity index (χ1) is 5.16. The van der Waals surface area contributed by atoms with E-state index in [9.17, 15) is 9.59 Å². The smallest absolute Gasteiger partial charge is 0.449 e. The van der Waals surface area contributed by atoms with Gasteiger partial charge in [-0.05, 0) is 6.42 Å². The third-order valence-electron chi connectivity index (χ3n) is 1.19. The van der Waals surface area contributed by atoms with Crippen molar-refractivity contribution in [3.63, 3.8) is 0 Å². The lowest BCUT2D eigenvalue weighted by Gasteiger charge is -1.96. The molecule has 0 saturated heterocycles. The molecule has 0 fully saturated rings. The van der Waals surface area contributed by atoms with Crippen LogP contribution >= 0.6 is 0 Å². The number of esters is 1. The predicted molar refractivity (Wildman–Crippen MR) is 38.3 cm³/mol. The average molecular weight is 160 g/mol. The van der Waals surface area contributed by atoms with Gasteiger partial charge in [-0.3, -0.25) is 4.79 Å².